The summed E-state index contributed by atoms with van der Waals surface area (Å²) in [5, 5.41) is 8.79. The molecule has 1 aromatic rings. The maximum Gasteiger partial charge on any atom is 0.338 e. The van der Waals surface area contributed by atoms with Crippen LogP contribution in [0, 0.1) is 11.7 Å². The maximum absolute atomic E-state index is 13.2. The Kier molecular flexibility index (Phi) is 5.64. The van der Waals surface area contributed by atoms with E-state index in [1.807, 2.05) is 13.8 Å². The van der Waals surface area contributed by atoms with Crippen LogP contribution in [0.15, 0.2) is 23.1 Å². The second-order valence-corrected chi connectivity index (χ2v) is 6.25. The van der Waals surface area contributed by atoms with E-state index in [0.717, 1.165) is 31.0 Å². The van der Waals surface area contributed by atoms with Gasteiger partial charge in [-0.15, -0.1) is 0 Å². The zero-order valence-electron chi connectivity index (χ0n) is 11.4. The zero-order valence-corrected chi connectivity index (χ0v) is 12.2. The van der Waals surface area contributed by atoms with Crippen LogP contribution < -0.4 is 4.72 Å². The number of halogens is 1. The van der Waals surface area contributed by atoms with Gasteiger partial charge in [0, 0.05) is 6.54 Å². The highest BCUT2D eigenvalue weighted by atomic mass is 32.2. The highest BCUT2D eigenvalue weighted by Crippen LogP contribution is 2.16. The van der Waals surface area contributed by atoms with Crippen LogP contribution >= 0.6 is 0 Å². The van der Waals surface area contributed by atoms with Gasteiger partial charge in [-0.3, -0.25) is 0 Å². The number of carboxylic acids is 1. The predicted molar refractivity (Wildman–Crippen MR) is 72.6 cm³/mol. The van der Waals surface area contributed by atoms with E-state index in [0.29, 0.717) is 0 Å². The molecule has 0 unspecified atom stereocenters. The Hall–Kier alpha value is -1.47. The molecule has 0 bridgehead atoms. The smallest absolute Gasteiger partial charge is 0.338 e. The fraction of sp³-hybridized carbons (Fsp3) is 0.462. The lowest BCUT2D eigenvalue weighted by atomic mass is 10.0. The van der Waals surface area contributed by atoms with Crippen LogP contribution in [0.5, 0.6) is 0 Å². The Bertz CT molecular complexity index is 582. The van der Waals surface area contributed by atoms with Crippen molar-refractivity contribution >= 4 is 16.0 Å². The minimum absolute atomic E-state index is 0.212. The lowest BCUT2D eigenvalue weighted by molar-refractivity contribution is 0.0691. The summed E-state index contributed by atoms with van der Waals surface area (Å²) in [7, 11) is -3.83. The lowest BCUT2D eigenvalue weighted by Gasteiger charge is -2.13. The van der Waals surface area contributed by atoms with Crippen molar-refractivity contribution in [1.82, 2.24) is 4.72 Å². The van der Waals surface area contributed by atoms with Crippen molar-refractivity contribution < 1.29 is 22.7 Å². The Labute approximate surface area is 117 Å². The standard InChI is InChI=1S/C13H18FNO4S/c1-3-9(4-2)8-15-20(18,19)10-5-6-12(14)11(7-10)13(16)17/h5-7,9,15H,3-4,8H2,1-2H3,(H,16,17). The summed E-state index contributed by atoms with van der Waals surface area (Å²) in [5.74, 6) is -2.25. The van der Waals surface area contributed by atoms with Crippen molar-refractivity contribution in [2.24, 2.45) is 5.92 Å². The monoisotopic (exact) mass is 303 g/mol. The third kappa shape index (κ3) is 4.01. The molecule has 0 saturated carbocycles. The summed E-state index contributed by atoms with van der Waals surface area (Å²) < 4.78 is 39.7. The van der Waals surface area contributed by atoms with Crippen molar-refractivity contribution in [2.75, 3.05) is 6.54 Å². The van der Waals surface area contributed by atoms with E-state index in [1.165, 1.54) is 0 Å². The molecule has 20 heavy (non-hydrogen) atoms. The van der Waals surface area contributed by atoms with Crippen LogP contribution in [0.1, 0.15) is 37.0 Å². The van der Waals surface area contributed by atoms with E-state index in [1.54, 1.807) is 0 Å². The van der Waals surface area contributed by atoms with Crippen molar-refractivity contribution in [3.63, 3.8) is 0 Å². The second-order valence-electron chi connectivity index (χ2n) is 4.48. The molecule has 0 amide bonds. The maximum atomic E-state index is 13.2. The van der Waals surface area contributed by atoms with Crippen LogP contribution in [0.4, 0.5) is 4.39 Å². The molecule has 1 aromatic carbocycles. The number of carboxylic acid groups (broad SMARTS) is 1. The van der Waals surface area contributed by atoms with E-state index in [4.69, 9.17) is 5.11 Å². The van der Waals surface area contributed by atoms with Crippen molar-refractivity contribution in [2.45, 2.75) is 31.6 Å². The molecule has 0 aliphatic heterocycles. The molecule has 7 heteroatoms. The van der Waals surface area contributed by atoms with E-state index < -0.39 is 27.4 Å². The summed E-state index contributed by atoms with van der Waals surface area (Å²) >= 11 is 0. The summed E-state index contributed by atoms with van der Waals surface area (Å²) in [6.07, 6.45) is 1.67. The van der Waals surface area contributed by atoms with Crippen LogP contribution in [0.3, 0.4) is 0 Å². The Morgan fingerprint density at radius 2 is 1.95 bits per heavy atom. The first-order chi connectivity index (χ1) is 9.31. The minimum atomic E-state index is -3.83. The van der Waals surface area contributed by atoms with Crippen LogP contribution in [0.2, 0.25) is 0 Å². The quantitative estimate of drug-likeness (QED) is 0.809. The molecule has 5 nitrogen and oxygen atoms in total. The second kappa shape index (κ2) is 6.81. The normalized spacial score (nSPS) is 11.8. The van der Waals surface area contributed by atoms with Gasteiger partial charge in [0.2, 0.25) is 10.0 Å². The first-order valence-electron chi connectivity index (χ1n) is 6.34. The predicted octanol–water partition coefficient (Wildman–Crippen LogP) is 2.24. The van der Waals surface area contributed by atoms with E-state index in [-0.39, 0.29) is 17.4 Å². The van der Waals surface area contributed by atoms with Gasteiger partial charge >= 0.3 is 5.97 Å². The molecule has 0 spiro atoms. The number of rotatable bonds is 7. The van der Waals surface area contributed by atoms with Gasteiger partial charge in [0.05, 0.1) is 10.5 Å². The Morgan fingerprint density at radius 1 is 1.35 bits per heavy atom. The van der Waals surface area contributed by atoms with Gasteiger partial charge in [-0.2, -0.15) is 0 Å². The Morgan fingerprint density at radius 3 is 2.45 bits per heavy atom. The lowest BCUT2D eigenvalue weighted by Crippen LogP contribution is -2.29. The fourth-order valence-corrected chi connectivity index (χ4v) is 2.87. The topological polar surface area (TPSA) is 83.5 Å². The van der Waals surface area contributed by atoms with Crippen LogP contribution in [-0.4, -0.2) is 26.0 Å². The fourth-order valence-electron chi connectivity index (χ4n) is 1.72. The van der Waals surface area contributed by atoms with E-state index >= 15 is 0 Å². The molecule has 2 N–H and O–H groups in total. The number of aromatic carboxylic acids is 1. The summed E-state index contributed by atoms with van der Waals surface area (Å²) in [6.45, 7) is 4.20. The van der Waals surface area contributed by atoms with Crippen molar-refractivity contribution in [1.29, 1.82) is 0 Å². The molecule has 0 fully saturated rings. The van der Waals surface area contributed by atoms with Gasteiger partial charge in [-0.25, -0.2) is 22.3 Å². The molecule has 0 atom stereocenters. The summed E-state index contributed by atoms with van der Waals surface area (Å²) in [6, 6.07) is 2.72. The first-order valence-corrected chi connectivity index (χ1v) is 7.82. The summed E-state index contributed by atoms with van der Waals surface area (Å²) in [5.41, 5.74) is -0.657. The molecule has 0 saturated heterocycles. The molecule has 0 radical (unpaired) electrons. The third-order valence-electron chi connectivity index (χ3n) is 3.20. The van der Waals surface area contributed by atoms with Crippen molar-refractivity contribution in [3.05, 3.63) is 29.6 Å². The number of hydrogen-bond donors (Lipinski definition) is 2. The number of nitrogens with one attached hydrogen (secondary N) is 1. The van der Waals surface area contributed by atoms with Gasteiger partial charge < -0.3 is 5.11 Å². The SMILES string of the molecule is CCC(CC)CNS(=O)(=O)c1ccc(F)c(C(=O)O)c1. The molecule has 0 aliphatic rings. The van der Waals surface area contributed by atoms with Gasteiger partial charge in [0.25, 0.3) is 0 Å². The first kappa shape index (κ1) is 16.6. The number of carbonyl (C=O) groups is 1. The van der Waals surface area contributed by atoms with Gasteiger partial charge in [0.1, 0.15) is 5.82 Å². The number of benzene rings is 1. The number of sulfonamides is 1. The van der Waals surface area contributed by atoms with E-state index in [2.05, 4.69) is 4.72 Å². The van der Waals surface area contributed by atoms with E-state index in [9.17, 15) is 17.6 Å². The third-order valence-corrected chi connectivity index (χ3v) is 4.62. The minimum Gasteiger partial charge on any atom is -0.478 e. The molecular weight excluding hydrogens is 285 g/mol. The molecule has 0 heterocycles. The van der Waals surface area contributed by atoms with Crippen LogP contribution in [-0.2, 0) is 10.0 Å². The van der Waals surface area contributed by atoms with Gasteiger partial charge in [-0.1, -0.05) is 26.7 Å². The van der Waals surface area contributed by atoms with Gasteiger partial charge in [0.15, 0.2) is 0 Å². The molecule has 0 aromatic heterocycles. The van der Waals surface area contributed by atoms with Gasteiger partial charge in [-0.05, 0) is 24.1 Å². The molecule has 112 valence electrons. The average molecular weight is 303 g/mol. The molecule has 0 aliphatic carbocycles. The number of hydrogen-bond acceptors (Lipinski definition) is 3. The zero-order chi connectivity index (χ0) is 15.3. The largest absolute Gasteiger partial charge is 0.478 e. The van der Waals surface area contributed by atoms with Crippen molar-refractivity contribution in [3.8, 4) is 0 Å². The average Bonchev–Trinajstić information content (AvgIpc) is 2.39. The highest BCUT2D eigenvalue weighted by molar-refractivity contribution is 7.89. The van der Waals surface area contributed by atoms with Crippen LogP contribution in [0.25, 0.3) is 0 Å². The highest BCUT2D eigenvalue weighted by Gasteiger charge is 2.19. The Balaban J connectivity index is 2.98. The summed E-state index contributed by atoms with van der Waals surface area (Å²) in [4.78, 5) is 10.6. The molecular formula is C13H18FNO4S. The molecule has 1 rings (SSSR count).